The Hall–Kier alpha value is -5.66. The van der Waals surface area contributed by atoms with E-state index in [0.717, 1.165) is 6.07 Å². The number of aliphatic hydroxyl groups is 7. The summed E-state index contributed by atoms with van der Waals surface area (Å²) in [6.45, 7) is -1.49. The Morgan fingerprint density at radius 1 is 0.672 bits per heavy atom. The van der Waals surface area contributed by atoms with Crippen molar-refractivity contribution in [2.24, 2.45) is 0 Å². The van der Waals surface area contributed by atoms with E-state index in [9.17, 15) is 60.0 Å². The Balaban J connectivity index is 1.46. The number of phenolic OH excluding ortho intramolecular Hbond substituents is 2. The van der Waals surface area contributed by atoms with Crippen LogP contribution in [0.4, 0.5) is 0 Å². The molecule has 3 heterocycles. The van der Waals surface area contributed by atoms with Gasteiger partial charge in [0.15, 0.2) is 17.3 Å². The number of aliphatic carboxylic acids is 2. The van der Waals surface area contributed by atoms with Crippen molar-refractivity contribution in [1.82, 2.24) is 0 Å². The zero-order chi connectivity index (χ0) is 42.6. The van der Waals surface area contributed by atoms with Gasteiger partial charge >= 0.3 is 23.9 Å². The molecule has 2 aromatic rings. The molecule has 2 aromatic carbocycles. The van der Waals surface area contributed by atoms with E-state index >= 15 is 0 Å². The maximum atomic E-state index is 11.8. The standard InChI is InChI=1S/C35H40O23/c1-50-17-3-12(4-18(51-2)26(17)43)33-19(56-35-32(49)30(47)28(45)21(58-35)11-53-25(42)9-23(39)40)7-14-15(36)5-13(6-16(14)55-33)54-34-31(48)29(46)27(44)20(57-34)10-52-24(41)8-22(37)38/h3-7,20-21,27-36,43-49H,8-11H2,1-2H3,(H,37,38)(H,39,40)/p+1/t20-,21+,27+,28+,29+,30+,31-,32-,33?,34-,35-/m1/s1. The Morgan fingerprint density at radius 2 is 1.16 bits per heavy atom. The first-order valence-electron chi connectivity index (χ1n) is 17.1. The van der Waals surface area contributed by atoms with E-state index in [0.29, 0.717) is 0 Å². The third-order valence-corrected chi connectivity index (χ3v) is 9.00. The molecule has 0 aromatic heterocycles. The number of carbonyl (C=O) groups excluding carboxylic acids is 2. The normalized spacial score (nSPS) is 29.1. The number of esters is 2. The highest BCUT2D eigenvalue weighted by Gasteiger charge is 2.48. The van der Waals surface area contributed by atoms with E-state index in [2.05, 4.69) is 4.74 Å². The number of carboxylic acids is 2. The van der Waals surface area contributed by atoms with Crippen molar-refractivity contribution in [3.05, 3.63) is 41.2 Å². The number of rotatable bonds is 15. The van der Waals surface area contributed by atoms with Crippen LogP contribution >= 0.6 is 0 Å². The molecule has 2 fully saturated rings. The maximum Gasteiger partial charge on any atom is 0.317 e. The van der Waals surface area contributed by atoms with Gasteiger partial charge in [0.25, 0.3) is 11.9 Å². The number of phenols is 2. The quantitative estimate of drug-likeness (QED) is 0.0504. The Labute approximate surface area is 326 Å². The third-order valence-electron chi connectivity index (χ3n) is 9.00. The van der Waals surface area contributed by atoms with E-state index in [4.69, 9.17) is 48.1 Å². The van der Waals surface area contributed by atoms with Crippen LogP contribution in [0.2, 0.25) is 0 Å². The molecule has 23 nitrogen and oxygen atoms in total. The molecule has 0 amide bonds. The maximum absolute atomic E-state index is 11.8. The van der Waals surface area contributed by atoms with Gasteiger partial charge in [0, 0.05) is 12.1 Å². The first kappa shape index (κ1) is 43.5. The number of carboxylic acid groups (broad SMARTS) is 2. The van der Waals surface area contributed by atoms with Crippen LogP contribution in [0.5, 0.6) is 34.5 Å². The molecule has 3 aliphatic rings. The van der Waals surface area contributed by atoms with Gasteiger partial charge in [-0.25, -0.2) is 0 Å². The predicted octanol–water partition coefficient (Wildman–Crippen LogP) is -2.50. The average molecular weight is 830 g/mol. The van der Waals surface area contributed by atoms with E-state index in [-0.39, 0.29) is 45.6 Å². The van der Waals surface area contributed by atoms with Gasteiger partial charge in [0.1, 0.15) is 91.9 Å². The lowest BCUT2D eigenvalue weighted by Crippen LogP contribution is -2.60. The first-order chi connectivity index (χ1) is 27.4. The van der Waals surface area contributed by atoms with Crippen LogP contribution in [-0.4, -0.2) is 169 Å². The fourth-order valence-electron chi connectivity index (χ4n) is 6.02. The van der Waals surface area contributed by atoms with Crippen LogP contribution in [0.1, 0.15) is 30.1 Å². The SMILES string of the molecule is COc1cc(C2[OH+]c3cc(O[C@@H]4O[C@H](COC(=O)CC(=O)O)[C@H](O)[C@H](O)[C@H]4O)cc(O)c3C=C2O[C@@H]2O[C@@H](COC(=O)CC(=O)O)[C@H](O)[C@H](O)[C@H]2O)cc(OC)c1O. The Bertz CT molecular complexity index is 1850. The molecular formula is C35H41O23+. The molecule has 0 saturated carbocycles. The second-order valence-electron chi connectivity index (χ2n) is 13.0. The highest BCUT2D eigenvalue weighted by Crippen LogP contribution is 2.48. The lowest BCUT2D eigenvalue weighted by Gasteiger charge is -2.41. The number of hydrogen-bond acceptors (Lipinski definition) is 20. The predicted molar refractivity (Wildman–Crippen MR) is 183 cm³/mol. The van der Waals surface area contributed by atoms with Crippen molar-refractivity contribution in [2.45, 2.75) is 80.4 Å². The van der Waals surface area contributed by atoms with Gasteiger partial charge in [-0.15, -0.1) is 0 Å². The zero-order valence-corrected chi connectivity index (χ0v) is 30.4. The Morgan fingerprint density at radius 3 is 1.62 bits per heavy atom. The van der Waals surface area contributed by atoms with Crippen molar-refractivity contribution in [3.8, 4) is 34.5 Å². The van der Waals surface area contributed by atoms with Gasteiger partial charge in [-0.2, -0.15) is 0 Å². The molecule has 2 saturated heterocycles. The summed E-state index contributed by atoms with van der Waals surface area (Å²) in [4.78, 5) is 45.3. The molecule has 23 heteroatoms. The van der Waals surface area contributed by atoms with Crippen molar-refractivity contribution in [1.29, 1.82) is 0 Å². The molecule has 11 N–H and O–H groups in total. The first-order valence-corrected chi connectivity index (χ1v) is 17.1. The lowest BCUT2D eigenvalue weighted by atomic mass is 9.98. The number of aromatic hydroxyl groups is 3. The van der Waals surface area contributed by atoms with Crippen LogP contribution in [-0.2, 0) is 42.9 Å². The van der Waals surface area contributed by atoms with Crippen LogP contribution in [0, 0.1) is 0 Å². The minimum atomic E-state index is -1.95. The van der Waals surface area contributed by atoms with Gasteiger partial charge in [0.05, 0.1) is 25.8 Å². The molecule has 0 spiro atoms. The summed E-state index contributed by atoms with van der Waals surface area (Å²) in [6, 6.07) is 4.99. The van der Waals surface area contributed by atoms with Crippen LogP contribution in [0.3, 0.4) is 0 Å². The molecule has 3 aliphatic heterocycles. The van der Waals surface area contributed by atoms with Crippen LogP contribution in [0.25, 0.3) is 6.08 Å². The number of carbonyl (C=O) groups is 4. The Kier molecular flexibility index (Phi) is 13.7. The van der Waals surface area contributed by atoms with E-state index in [1.807, 2.05) is 0 Å². The summed E-state index contributed by atoms with van der Waals surface area (Å²) in [5.41, 5.74) is 0.160. The van der Waals surface area contributed by atoms with Crippen molar-refractivity contribution in [2.75, 3.05) is 27.4 Å². The topological polar surface area (TPSA) is 357 Å². The number of ether oxygens (including phenoxy) is 9. The number of methoxy groups -OCH3 is 2. The fourth-order valence-corrected chi connectivity index (χ4v) is 6.02. The third kappa shape index (κ3) is 9.71. The number of benzene rings is 2. The molecule has 0 aliphatic carbocycles. The zero-order valence-electron chi connectivity index (χ0n) is 30.4. The second-order valence-corrected chi connectivity index (χ2v) is 13.0. The molecular weight excluding hydrogens is 788 g/mol. The smallest absolute Gasteiger partial charge is 0.317 e. The molecule has 58 heavy (non-hydrogen) atoms. The van der Waals surface area contributed by atoms with Gasteiger partial charge in [0.2, 0.25) is 18.3 Å². The minimum Gasteiger partial charge on any atom is -0.571 e. The number of fused-ring (bicyclic) bond motifs is 1. The van der Waals surface area contributed by atoms with Crippen molar-refractivity contribution in [3.63, 3.8) is 0 Å². The minimum absolute atomic E-state index is 0.0211. The lowest BCUT2D eigenvalue weighted by molar-refractivity contribution is -0.296. The average Bonchev–Trinajstić information content (AvgIpc) is 3.16. The molecule has 0 bridgehead atoms. The molecule has 318 valence electrons. The van der Waals surface area contributed by atoms with Crippen LogP contribution < -0.4 is 14.2 Å². The molecule has 1 unspecified atom stereocenters. The highest BCUT2D eigenvalue weighted by atomic mass is 16.7. The molecule has 0 radical (unpaired) electrons. The van der Waals surface area contributed by atoms with Crippen molar-refractivity contribution < 1.29 is 113 Å². The summed E-state index contributed by atoms with van der Waals surface area (Å²) >= 11 is 0. The second kappa shape index (κ2) is 18.3. The van der Waals surface area contributed by atoms with E-state index < -0.39 is 123 Å². The highest BCUT2D eigenvalue weighted by molar-refractivity contribution is 5.90. The summed E-state index contributed by atoms with van der Waals surface area (Å²) < 4.78 is 47.8. The number of aliphatic hydroxyl groups excluding tert-OH is 6. The van der Waals surface area contributed by atoms with Crippen molar-refractivity contribution >= 4 is 30.0 Å². The van der Waals surface area contributed by atoms with E-state index in [1.54, 1.807) is 0 Å². The molecule has 11 atom stereocenters. The summed E-state index contributed by atoms with van der Waals surface area (Å²) in [5.74, 6) is -6.86. The summed E-state index contributed by atoms with van der Waals surface area (Å²) in [7, 11) is 2.51. The van der Waals surface area contributed by atoms with Gasteiger partial charge in [-0.1, -0.05) is 0 Å². The van der Waals surface area contributed by atoms with Gasteiger partial charge in [-0.3, -0.25) is 19.2 Å². The summed E-state index contributed by atoms with van der Waals surface area (Å²) in [5, 5.41) is 103. The van der Waals surface area contributed by atoms with Gasteiger partial charge in [-0.05, 0) is 12.1 Å². The fraction of sp³-hybridized carbons (Fsp3) is 0.486. The van der Waals surface area contributed by atoms with Crippen LogP contribution in [0.15, 0.2) is 30.0 Å². The number of hydrogen-bond donors (Lipinski definition) is 10. The largest absolute Gasteiger partial charge is 0.571 e. The van der Waals surface area contributed by atoms with E-state index in [1.165, 1.54) is 38.5 Å². The van der Waals surface area contributed by atoms with Gasteiger partial charge < -0.3 is 93.7 Å². The summed E-state index contributed by atoms with van der Waals surface area (Å²) in [6.07, 6.45) is -20.0. The monoisotopic (exact) mass is 829 g/mol. The molecule has 5 rings (SSSR count).